The molecule has 1 saturated heterocycles. The summed E-state index contributed by atoms with van der Waals surface area (Å²) in [5.74, 6) is 0.613. The second kappa shape index (κ2) is 6.21. The van der Waals surface area contributed by atoms with E-state index in [1.54, 1.807) is 4.90 Å². The quantitative estimate of drug-likeness (QED) is 0.700. The van der Waals surface area contributed by atoms with Gasteiger partial charge in [-0.15, -0.1) is 0 Å². The smallest absolute Gasteiger partial charge is 0.239 e. The largest absolute Gasteiger partial charge is 0.391 e. The summed E-state index contributed by atoms with van der Waals surface area (Å²) in [4.78, 5) is 13.6. The normalized spacial score (nSPS) is 23.2. The minimum absolute atomic E-state index is 0.0313. The van der Waals surface area contributed by atoms with Gasteiger partial charge in [-0.1, -0.05) is 20.8 Å². The monoisotopic (exact) mass is 228 g/mol. The van der Waals surface area contributed by atoms with E-state index < -0.39 is 0 Å². The molecule has 2 atom stereocenters. The highest BCUT2D eigenvalue weighted by Gasteiger charge is 2.31. The molecule has 1 aliphatic rings. The van der Waals surface area contributed by atoms with Crippen LogP contribution in [0.4, 0.5) is 0 Å². The van der Waals surface area contributed by atoms with E-state index in [4.69, 9.17) is 0 Å². The van der Waals surface area contributed by atoms with Crippen LogP contribution < -0.4 is 5.32 Å². The van der Waals surface area contributed by atoms with Gasteiger partial charge in [0, 0.05) is 13.1 Å². The fraction of sp³-hybridized carbons (Fsp3) is 0.917. The maximum Gasteiger partial charge on any atom is 0.239 e. The first-order valence-electron chi connectivity index (χ1n) is 6.24. The molecule has 0 bridgehead atoms. The molecule has 1 rings (SSSR count). The second-order valence-corrected chi connectivity index (χ2v) is 4.97. The highest BCUT2D eigenvalue weighted by Crippen LogP contribution is 2.13. The third kappa shape index (κ3) is 3.76. The van der Waals surface area contributed by atoms with Gasteiger partial charge in [-0.25, -0.2) is 0 Å². The molecule has 0 saturated carbocycles. The van der Waals surface area contributed by atoms with Gasteiger partial charge in [0.05, 0.1) is 12.1 Å². The highest BCUT2D eigenvalue weighted by atomic mass is 16.3. The van der Waals surface area contributed by atoms with Gasteiger partial charge in [0.2, 0.25) is 5.91 Å². The van der Waals surface area contributed by atoms with Crippen LogP contribution in [0.1, 0.15) is 33.6 Å². The number of amides is 1. The van der Waals surface area contributed by atoms with E-state index in [1.807, 2.05) is 6.92 Å². The van der Waals surface area contributed by atoms with Gasteiger partial charge in [-0.2, -0.15) is 0 Å². The van der Waals surface area contributed by atoms with Crippen molar-refractivity contribution in [2.24, 2.45) is 5.92 Å². The van der Waals surface area contributed by atoms with Gasteiger partial charge in [0.1, 0.15) is 0 Å². The van der Waals surface area contributed by atoms with Crippen LogP contribution in [0, 0.1) is 5.92 Å². The van der Waals surface area contributed by atoms with Crippen molar-refractivity contribution >= 4 is 5.91 Å². The average molecular weight is 228 g/mol. The highest BCUT2D eigenvalue weighted by molar-refractivity contribution is 5.83. The Labute approximate surface area is 98.0 Å². The number of hydrogen-bond donors (Lipinski definition) is 2. The van der Waals surface area contributed by atoms with Crippen molar-refractivity contribution in [3.05, 3.63) is 0 Å². The van der Waals surface area contributed by atoms with Crippen LogP contribution in [0.25, 0.3) is 0 Å². The predicted octanol–water partition coefficient (Wildman–Crippen LogP) is 0.604. The molecule has 0 radical (unpaired) electrons. The van der Waals surface area contributed by atoms with Gasteiger partial charge >= 0.3 is 0 Å². The number of aliphatic hydroxyl groups is 1. The Morgan fingerprint density at radius 2 is 2.25 bits per heavy atom. The molecule has 0 aromatic carbocycles. The zero-order chi connectivity index (χ0) is 12.1. The zero-order valence-corrected chi connectivity index (χ0v) is 10.6. The minimum atomic E-state index is -0.385. The van der Waals surface area contributed by atoms with Crippen LogP contribution in [-0.2, 0) is 4.79 Å². The second-order valence-electron chi connectivity index (χ2n) is 4.97. The van der Waals surface area contributed by atoms with Crippen LogP contribution in [0.2, 0.25) is 0 Å². The molecule has 1 amide bonds. The number of nitrogens with zero attached hydrogens (tertiary/aromatic N) is 1. The van der Waals surface area contributed by atoms with Crippen LogP contribution >= 0.6 is 0 Å². The molecule has 2 N–H and O–H groups in total. The summed E-state index contributed by atoms with van der Waals surface area (Å²) >= 11 is 0. The van der Waals surface area contributed by atoms with E-state index in [1.165, 1.54) is 0 Å². The number of hydrogen-bond acceptors (Lipinski definition) is 3. The summed E-state index contributed by atoms with van der Waals surface area (Å²) in [6.45, 7) is 8.24. The Kier molecular flexibility index (Phi) is 5.22. The third-order valence-electron chi connectivity index (χ3n) is 2.92. The van der Waals surface area contributed by atoms with Gasteiger partial charge in [0.25, 0.3) is 0 Å². The lowest BCUT2D eigenvalue weighted by Crippen LogP contribution is -2.41. The Bertz CT molecular complexity index is 231. The molecule has 2 unspecified atom stereocenters. The van der Waals surface area contributed by atoms with E-state index in [-0.39, 0.29) is 18.1 Å². The number of likely N-dealkylation sites (tertiary alicyclic amines) is 1. The third-order valence-corrected chi connectivity index (χ3v) is 2.92. The summed E-state index contributed by atoms with van der Waals surface area (Å²) in [6, 6.07) is -0.0313. The molecule has 1 fully saturated rings. The van der Waals surface area contributed by atoms with Crippen LogP contribution in [0.5, 0.6) is 0 Å². The molecular formula is C12H24N2O2. The molecule has 0 aliphatic carbocycles. The van der Waals surface area contributed by atoms with Crippen molar-refractivity contribution in [1.29, 1.82) is 0 Å². The van der Waals surface area contributed by atoms with Gasteiger partial charge in [0.15, 0.2) is 0 Å². The molecule has 0 spiro atoms. The lowest BCUT2D eigenvalue weighted by atomic mass is 10.1. The Morgan fingerprint density at radius 1 is 1.56 bits per heavy atom. The Hall–Kier alpha value is -0.610. The molecular weight excluding hydrogens is 204 g/mol. The van der Waals surface area contributed by atoms with E-state index >= 15 is 0 Å². The minimum Gasteiger partial charge on any atom is -0.391 e. The standard InChI is InChI=1S/C12H24N2O2/c1-4-13-11-5-6-14(12(11)16)8-10(15)7-9(2)3/h9-11,13,15H,4-8H2,1-3H3. The van der Waals surface area contributed by atoms with Crippen molar-refractivity contribution in [1.82, 2.24) is 10.2 Å². The first kappa shape index (κ1) is 13.5. The lowest BCUT2D eigenvalue weighted by molar-refractivity contribution is -0.130. The predicted molar refractivity (Wildman–Crippen MR) is 64.1 cm³/mol. The average Bonchev–Trinajstić information content (AvgIpc) is 2.49. The molecule has 4 heteroatoms. The fourth-order valence-corrected chi connectivity index (χ4v) is 2.23. The van der Waals surface area contributed by atoms with E-state index in [0.29, 0.717) is 12.5 Å². The summed E-state index contributed by atoms with van der Waals surface area (Å²) in [7, 11) is 0. The maximum absolute atomic E-state index is 11.9. The summed E-state index contributed by atoms with van der Waals surface area (Å²) in [5.41, 5.74) is 0. The van der Waals surface area contributed by atoms with Gasteiger partial charge < -0.3 is 15.3 Å². The SMILES string of the molecule is CCNC1CCN(CC(O)CC(C)C)C1=O. The van der Waals surface area contributed by atoms with Crippen molar-refractivity contribution in [3.8, 4) is 0 Å². The first-order chi connectivity index (χ1) is 7.54. The summed E-state index contributed by atoms with van der Waals surface area (Å²) in [5, 5.41) is 13.0. The molecule has 94 valence electrons. The van der Waals surface area contributed by atoms with Crippen molar-refractivity contribution < 1.29 is 9.90 Å². The number of aliphatic hydroxyl groups excluding tert-OH is 1. The number of carbonyl (C=O) groups is 1. The molecule has 1 aliphatic heterocycles. The zero-order valence-electron chi connectivity index (χ0n) is 10.6. The van der Waals surface area contributed by atoms with Crippen LogP contribution in [0.3, 0.4) is 0 Å². The molecule has 16 heavy (non-hydrogen) atoms. The molecule has 1 heterocycles. The molecule has 0 aromatic rings. The molecule has 0 aromatic heterocycles. The first-order valence-corrected chi connectivity index (χ1v) is 6.24. The summed E-state index contributed by atoms with van der Waals surface area (Å²) in [6.07, 6.45) is 1.24. The molecule has 4 nitrogen and oxygen atoms in total. The Morgan fingerprint density at radius 3 is 2.81 bits per heavy atom. The number of nitrogens with one attached hydrogen (secondary N) is 1. The van der Waals surface area contributed by atoms with Gasteiger partial charge in [-0.3, -0.25) is 4.79 Å². The van der Waals surface area contributed by atoms with Crippen molar-refractivity contribution in [2.75, 3.05) is 19.6 Å². The number of likely N-dealkylation sites (N-methyl/N-ethyl adjacent to an activating group) is 1. The van der Waals surface area contributed by atoms with Crippen molar-refractivity contribution in [3.63, 3.8) is 0 Å². The summed E-state index contributed by atoms with van der Waals surface area (Å²) < 4.78 is 0. The van der Waals surface area contributed by atoms with Gasteiger partial charge in [-0.05, 0) is 25.3 Å². The van der Waals surface area contributed by atoms with Crippen LogP contribution in [0.15, 0.2) is 0 Å². The fourth-order valence-electron chi connectivity index (χ4n) is 2.23. The Balaban J connectivity index is 2.36. The van der Waals surface area contributed by atoms with E-state index in [0.717, 1.165) is 25.9 Å². The topological polar surface area (TPSA) is 52.6 Å². The lowest BCUT2D eigenvalue weighted by Gasteiger charge is -2.21. The maximum atomic E-state index is 11.9. The van der Waals surface area contributed by atoms with E-state index in [2.05, 4.69) is 19.2 Å². The van der Waals surface area contributed by atoms with Crippen molar-refractivity contribution in [2.45, 2.75) is 45.8 Å². The number of β-amino-alcohol motifs (C(OH)–C–C–N with tert-alkyl or cyclic N) is 1. The number of rotatable bonds is 6. The number of carbonyl (C=O) groups excluding carboxylic acids is 1. The van der Waals surface area contributed by atoms with E-state index in [9.17, 15) is 9.90 Å². The van der Waals surface area contributed by atoms with Crippen LogP contribution in [-0.4, -0.2) is 47.7 Å².